The van der Waals surface area contributed by atoms with Gasteiger partial charge in [0.15, 0.2) is 0 Å². The Morgan fingerprint density at radius 2 is 2.12 bits per heavy atom. The molecule has 0 fully saturated rings. The highest BCUT2D eigenvalue weighted by molar-refractivity contribution is 7.13. The van der Waals surface area contributed by atoms with E-state index in [1.807, 2.05) is 30.3 Å². The number of methoxy groups -OCH3 is 1. The molecule has 0 radical (unpaired) electrons. The topological polar surface area (TPSA) is 58.7 Å². The molecule has 0 aliphatic carbocycles. The Hall–Kier alpha value is -2.15. The van der Waals surface area contributed by atoms with Gasteiger partial charge in [-0.1, -0.05) is 18.2 Å². The molecule has 1 aromatic carbocycles. The Kier molecular flexibility index (Phi) is 5.63. The van der Waals surface area contributed by atoms with Gasteiger partial charge in [-0.25, -0.2) is 4.98 Å². The standard InChI is InChI=1S/C18H20N2O3S/c1-22-17-5-3-2-4-14(17)10-20(7-8-21)11-16-13-24-18(19-16)15-6-9-23-12-15/h2-6,9,12-13,21H,7-8,10-11H2,1H3. The molecule has 6 heteroatoms. The van der Waals surface area contributed by atoms with E-state index in [4.69, 9.17) is 9.15 Å². The monoisotopic (exact) mass is 344 g/mol. The van der Waals surface area contributed by atoms with Crippen LogP contribution in [-0.4, -0.2) is 35.3 Å². The van der Waals surface area contributed by atoms with Crippen LogP contribution in [0.1, 0.15) is 11.3 Å². The SMILES string of the molecule is COc1ccccc1CN(CCO)Cc1csc(-c2ccoc2)n1. The smallest absolute Gasteiger partial charge is 0.126 e. The van der Waals surface area contributed by atoms with E-state index in [9.17, 15) is 5.11 Å². The third kappa shape index (κ3) is 4.03. The Morgan fingerprint density at radius 3 is 2.88 bits per heavy atom. The van der Waals surface area contributed by atoms with Gasteiger partial charge in [0.05, 0.1) is 25.7 Å². The summed E-state index contributed by atoms with van der Waals surface area (Å²) in [5.41, 5.74) is 3.07. The molecule has 3 aromatic rings. The summed E-state index contributed by atoms with van der Waals surface area (Å²) >= 11 is 1.60. The second-order valence-electron chi connectivity index (χ2n) is 5.40. The van der Waals surface area contributed by atoms with Crippen molar-refractivity contribution in [3.8, 4) is 16.3 Å². The Bertz CT molecular complexity index is 755. The Labute approximate surface area is 145 Å². The van der Waals surface area contributed by atoms with Crippen molar-refractivity contribution in [3.05, 3.63) is 59.5 Å². The zero-order valence-electron chi connectivity index (χ0n) is 13.5. The van der Waals surface area contributed by atoms with Crippen LogP contribution in [-0.2, 0) is 13.1 Å². The second-order valence-corrected chi connectivity index (χ2v) is 6.26. The lowest BCUT2D eigenvalue weighted by Gasteiger charge is -2.21. The number of ether oxygens (including phenoxy) is 1. The van der Waals surface area contributed by atoms with Crippen LogP contribution in [0.15, 0.2) is 52.7 Å². The minimum absolute atomic E-state index is 0.105. The summed E-state index contributed by atoms with van der Waals surface area (Å²) in [6.07, 6.45) is 3.35. The number of hydrogen-bond acceptors (Lipinski definition) is 6. The second kappa shape index (κ2) is 8.10. The summed E-state index contributed by atoms with van der Waals surface area (Å²) in [4.78, 5) is 6.82. The van der Waals surface area contributed by atoms with Crippen LogP contribution in [0, 0.1) is 0 Å². The highest BCUT2D eigenvalue weighted by Gasteiger charge is 2.13. The molecule has 5 nitrogen and oxygen atoms in total. The molecule has 24 heavy (non-hydrogen) atoms. The maximum atomic E-state index is 9.37. The fraction of sp³-hybridized carbons (Fsp3) is 0.278. The van der Waals surface area contributed by atoms with Crippen LogP contribution in [0.2, 0.25) is 0 Å². The molecule has 0 spiro atoms. The molecule has 0 saturated heterocycles. The van der Waals surface area contributed by atoms with Crippen LogP contribution in [0.5, 0.6) is 5.75 Å². The fourth-order valence-electron chi connectivity index (χ4n) is 2.56. The van der Waals surface area contributed by atoms with E-state index in [0.717, 1.165) is 27.6 Å². The molecule has 0 amide bonds. The molecule has 2 heterocycles. The molecule has 0 aliphatic heterocycles. The first-order valence-corrected chi connectivity index (χ1v) is 8.60. The van der Waals surface area contributed by atoms with Crippen LogP contribution < -0.4 is 4.74 Å². The van der Waals surface area contributed by atoms with Crippen molar-refractivity contribution >= 4 is 11.3 Å². The Balaban J connectivity index is 1.72. The number of aliphatic hydroxyl groups is 1. The van der Waals surface area contributed by atoms with Gasteiger partial charge in [-0.3, -0.25) is 4.90 Å². The largest absolute Gasteiger partial charge is 0.496 e. The average Bonchev–Trinajstić information content (AvgIpc) is 3.26. The van der Waals surface area contributed by atoms with Crippen LogP contribution in [0.25, 0.3) is 10.6 Å². The molecule has 0 aliphatic rings. The van der Waals surface area contributed by atoms with Gasteiger partial charge in [-0.15, -0.1) is 11.3 Å². The third-order valence-electron chi connectivity index (χ3n) is 3.71. The number of rotatable bonds is 8. The fourth-order valence-corrected chi connectivity index (χ4v) is 3.35. The molecule has 0 atom stereocenters. The lowest BCUT2D eigenvalue weighted by atomic mass is 10.2. The highest BCUT2D eigenvalue weighted by atomic mass is 32.1. The number of para-hydroxylation sites is 1. The van der Waals surface area contributed by atoms with Gasteiger partial charge in [0.25, 0.3) is 0 Å². The molecule has 1 N–H and O–H groups in total. The molecule has 0 saturated carbocycles. The van der Waals surface area contributed by atoms with Gasteiger partial charge in [0.2, 0.25) is 0 Å². The first-order chi connectivity index (χ1) is 11.8. The molecule has 2 aromatic heterocycles. The summed E-state index contributed by atoms with van der Waals surface area (Å²) in [6, 6.07) is 9.85. The average molecular weight is 344 g/mol. The molecular weight excluding hydrogens is 324 g/mol. The number of benzene rings is 1. The number of thiazole rings is 1. The number of nitrogens with zero attached hydrogens (tertiary/aromatic N) is 2. The van der Waals surface area contributed by atoms with Gasteiger partial charge >= 0.3 is 0 Å². The summed E-state index contributed by atoms with van der Waals surface area (Å²) in [5, 5.41) is 12.4. The van der Waals surface area contributed by atoms with Crippen LogP contribution >= 0.6 is 11.3 Å². The van der Waals surface area contributed by atoms with E-state index in [-0.39, 0.29) is 6.61 Å². The normalized spacial score (nSPS) is 11.1. The van der Waals surface area contributed by atoms with E-state index in [1.165, 1.54) is 0 Å². The maximum absolute atomic E-state index is 9.37. The van der Waals surface area contributed by atoms with Crippen molar-refractivity contribution in [1.82, 2.24) is 9.88 Å². The molecular formula is C18H20N2O3S. The number of hydrogen-bond donors (Lipinski definition) is 1. The lowest BCUT2D eigenvalue weighted by molar-refractivity contribution is 0.181. The minimum Gasteiger partial charge on any atom is -0.496 e. The van der Waals surface area contributed by atoms with E-state index in [1.54, 1.807) is 31.0 Å². The zero-order chi connectivity index (χ0) is 16.8. The summed E-state index contributed by atoms with van der Waals surface area (Å²) in [7, 11) is 1.67. The van der Waals surface area contributed by atoms with Gasteiger partial charge in [0, 0.05) is 36.1 Å². The van der Waals surface area contributed by atoms with Crippen molar-refractivity contribution in [1.29, 1.82) is 0 Å². The third-order valence-corrected chi connectivity index (χ3v) is 4.65. The summed E-state index contributed by atoms with van der Waals surface area (Å²) in [6.45, 7) is 2.06. The minimum atomic E-state index is 0.105. The first kappa shape index (κ1) is 16.7. The first-order valence-electron chi connectivity index (χ1n) is 7.72. The van der Waals surface area contributed by atoms with E-state index in [0.29, 0.717) is 19.6 Å². The zero-order valence-corrected chi connectivity index (χ0v) is 14.3. The molecule has 3 rings (SSSR count). The van der Waals surface area contributed by atoms with Gasteiger partial charge in [-0.2, -0.15) is 0 Å². The maximum Gasteiger partial charge on any atom is 0.126 e. The van der Waals surface area contributed by atoms with Crippen LogP contribution in [0.4, 0.5) is 0 Å². The summed E-state index contributed by atoms with van der Waals surface area (Å²) in [5.74, 6) is 0.859. The van der Waals surface area contributed by atoms with Crippen molar-refractivity contribution in [2.45, 2.75) is 13.1 Å². The Morgan fingerprint density at radius 1 is 1.25 bits per heavy atom. The van der Waals surface area contributed by atoms with Crippen LogP contribution in [0.3, 0.4) is 0 Å². The molecule has 126 valence electrons. The van der Waals surface area contributed by atoms with E-state index >= 15 is 0 Å². The molecule has 0 bridgehead atoms. The highest BCUT2D eigenvalue weighted by Crippen LogP contribution is 2.25. The van der Waals surface area contributed by atoms with Gasteiger partial charge in [0.1, 0.15) is 17.0 Å². The number of furan rings is 1. The quantitative estimate of drug-likeness (QED) is 0.679. The van der Waals surface area contributed by atoms with E-state index in [2.05, 4.69) is 15.3 Å². The van der Waals surface area contributed by atoms with Gasteiger partial charge < -0.3 is 14.3 Å². The van der Waals surface area contributed by atoms with Gasteiger partial charge in [-0.05, 0) is 12.1 Å². The van der Waals surface area contributed by atoms with E-state index < -0.39 is 0 Å². The van der Waals surface area contributed by atoms with Crippen molar-refractivity contribution in [2.75, 3.05) is 20.3 Å². The van der Waals surface area contributed by atoms with Crippen molar-refractivity contribution in [2.24, 2.45) is 0 Å². The number of aliphatic hydroxyl groups excluding tert-OH is 1. The predicted octanol–water partition coefficient (Wildman–Crippen LogP) is 3.41. The molecule has 0 unspecified atom stereocenters. The predicted molar refractivity (Wildman–Crippen MR) is 94.0 cm³/mol. The lowest BCUT2D eigenvalue weighted by Crippen LogP contribution is -2.26. The van der Waals surface area contributed by atoms with Crippen molar-refractivity contribution < 1.29 is 14.3 Å². The summed E-state index contributed by atoms with van der Waals surface area (Å²) < 4.78 is 10.5. The number of aromatic nitrogens is 1. The van der Waals surface area contributed by atoms with Crippen molar-refractivity contribution in [3.63, 3.8) is 0 Å².